The zero-order valence-electron chi connectivity index (χ0n) is 9.43. The first-order chi connectivity index (χ1) is 8.06. The molecule has 0 aliphatic carbocycles. The summed E-state index contributed by atoms with van der Waals surface area (Å²) in [5.74, 6) is -1.05. The summed E-state index contributed by atoms with van der Waals surface area (Å²) in [7, 11) is 0. The van der Waals surface area contributed by atoms with Crippen LogP contribution in [0.5, 0.6) is 0 Å². The Morgan fingerprint density at radius 3 is 2.94 bits per heavy atom. The SMILES string of the molecule is C=C(CNc1cccc(Cl)c1F)C(=O)OCC. The minimum absolute atomic E-state index is 0.0248. The van der Waals surface area contributed by atoms with Gasteiger partial charge in [0.05, 0.1) is 17.3 Å². The van der Waals surface area contributed by atoms with Crippen molar-refractivity contribution in [2.45, 2.75) is 6.92 Å². The van der Waals surface area contributed by atoms with Crippen LogP contribution >= 0.6 is 11.6 Å². The molecule has 0 saturated carbocycles. The van der Waals surface area contributed by atoms with Gasteiger partial charge in [-0.25, -0.2) is 9.18 Å². The third-order valence-corrected chi connectivity index (χ3v) is 2.30. The summed E-state index contributed by atoms with van der Waals surface area (Å²) in [6, 6.07) is 4.59. The van der Waals surface area contributed by atoms with Crippen molar-refractivity contribution in [3.63, 3.8) is 0 Å². The molecule has 0 unspecified atom stereocenters. The zero-order valence-corrected chi connectivity index (χ0v) is 10.2. The van der Waals surface area contributed by atoms with Crippen molar-refractivity contribution >= 4 is 23.3 Å². The van der Waals surface area contributed by atoms with Gasteiger partial charge in [0.15, 0.2) is 5.82 Å². The average Bonchev–Trinajstić information content (AvgIpc) is 2.31. The fraction of sp³-hybridized carbons (Fsp3) is 0.250. The molecule has 1 N–H and O–H groups in total. The van der Waals surface area contributed by atoms with Gasteiger partial charge in [-0.2, -0.15) is 0 Å². The highest BCUT2D eigenvalue weighted by atomic mass is 35.5. The van der Waals surface area contributed by atoms with Crippen molar-refractivity contribution in [2.24, 2.45) is 0 Å². The van der Waals surface area contributed by atoms with E-state index in [2.05, 4.69) is 11.9 Å². The number of esters is 1. The number of hydrogen-bond acceptors (Lipinski definition) is 3. The smallest absolute Gasteiger partial charge is 0.335 e. The lowest BCUT2D eigenvalue weighted by molar-refractivity contribution is -0.138. The van der Waals surface area contributed by atoms with E-state index in [9.17, 15) is 9.18 Å². The second-order valence-corrected chi connectivity index (χ2v) is 3.69. The van der Waals surface area contributed by atoms with E-state index in [4.69, 9.17) is 16.3 Å². The van der Waals surface area contributed by atoms with E-state index in [1.165, 1.54) is 12.1 Å². The van der Waals surface area contributed by atoms with Crippen LogP contribution in [-0.2, 0) is 9.53 Å². The first-order valence-corrected chi connectivity index (χ1v) is 5.46. The lowest BCUT2D eigenvalue weighted by Crippen LogP contribution is -2.15. The predicted octanol–water partition coefficient (Wildman–Crippen LogP) is 3.01. The van der Waals surface area contributed by atoms with E-state index < -0.39 is 11.8 Å². The Bertz CT molecular complexity index is 435. The quantitative estimate of drug-likeness (QED) is 0.651. The standard InChI is InChI=1S/C12H13ClFNO2/c1-3-17-12(16)8(2)7-15-10-6-4-5-9(13)11(10)14/h4-6,15H,2-3,7H2,1H3. The fourth-order valence-electron chi connectivity index (χ4n) is 1.15. The molecule has 5 heteroatoms. The Morgan fingerprint density at radius 1 is 1.59 bits per heavy atom. The van der Waals surface area contributed by atoms with Gasteiger partial charge >= 0.3 is 5.97 Å². The van der Waals surface area contributed by atoms with E-state index in [1.54, 1.807) is 13.0 Å². The van der Waals surface area contributed by atoms with Gasteiger partial charge in [0.2, 0.25) is 0 Å². The zero-order chi connectivity index (χ0) is 12.8. The van der Waals surface area contributed by atoms with Gasteiger partial charge in [0.25, 0.3) is 0 Å². The number of rotatable bonds is 5. The molecule has 1 aromatic rings. The highest BCUT2D eigenvalue weighted by Gasteiger charge is 2.10. The Balaban J connectivity index is 2.59. The summed E-state index contributed by atoms with van der Waals surface area (Å²) in [5, 5.41) is 2.76. The number of benzene rings is 1. The molecular formula is C12H13ClFNO2. The number of ether oxygens (including phenoxy) is 1. The Morgan fingerprint density at radius 2 is 2.29 bits per heavy atom. The molecule has 92 valence electrons. The van der Waals surface area contributed by atoms with Crippen LogP contribution in [-0.4, -0.2) is 19.1 Å². The van der Waals surface area contributed by atoms with Crippen LogP contribution in [0.25, 0.3) is 0 Å². The van der Waals surface area contributed by atoms with Crippen molar-refractivity contribution in [1.29, 1.82) is 0 Å². The number of halogens is 2. The van der Waals surface area contributed by atoms with E-state index in [-0.39, 0.29) is 29.4 Å². The molecule has 0 radical (unpaired) electrons. The third-order valence-electron chi connectivity index (χ3n) is 2.01. The summed E-state index contributed by atoms with van der Waals surface area (Å²) >= 11 is 5.61. The normalized spacial score (nSPS) is 9.82. The molecule has 0 aliphatic heterocycles. The van der Waals surface area contributed by atoms with Crippen LogP contribution in [0.4, 0.5) is 10.1 Å². The van der Waals surface area contributed by atoms with Gasteiger partial charge in [-0.15, -0.1) is 0 Å². The summed E-state index contributed by atoms with van der Waals surface area (Å²) < 4.78 is 18.2. The third kappa shape index (κ3) is 3.75. The molecule has 0 spiro atoms. The molecule has 0 aromatic heterocycles. The predicted molar refractivity (Wildman–Crippen MR) is 65.7 cm³/mol. The minimum atomic E-state index is -0.550. The summed E-state index contributed by atoms with van der Waals surface area (Å²) in [5.41, 5.74) is 0.453. The number of carbonyl (C=O) groups is 1. The van der Waals surface area contributed by atoms with E-state index >= 15 is 0 Å². The van der Waals surface area contributed by atoms with Crippen LogP contribution in [0.3, 0.4) is 0 Å². The minimum Gasteiger partial charge on any atom is -0.463 e. The van der Waals surface area contributed by atoms with Crippen LogP contribution in [0.2, 0.25) is 5.02 Å². The van der Waals surface area contributed by atoms with Crippen molar-refractivity contribution in [3.05, 3.63) is 41.2 Å². The van der Waals surface area contributed by atoms with Crippen molar-refractivity contribution in [3.8, 4) is 0 Å². The molecule has 0 aliphatic rings. The highest BCUT2D eigenvalue weighted by Crippen LogP contribution is 2.21. The van der Waals surface area contributed by atoms with Gasteiger partial charge in [-0.3, -0.25) is 0 Å². The van der Waals surface area contributed by atoms with Crippen LogP contribution < -0.4 is 5.32 Å². The second-order valence-electron chi connectivity index (χ2n) is 3.28. The van der Waals surface area contributed by atoms with E-state index in [0.29, 0.717) is 0 Å². The molecule has 0 amide bonds. The number of nitrogens with one attached hydrogen (secondary N) is 1. The van der Waals surface area contributed by atoms with Crippen LogP contribution in [0.15, 0.2) is 30.4 Å². The van der Waals surface area contributed by atoms with E-state index in [0.717, 1.165) is 0 Å². The van der Waals surface area contributed by atoms with Crippen molar-refractivity contribution < 1.29 is 13.9 Å². The molecule has 0 fully saturated rings. The molecular weight excluding hydrogens is 245 g/mol. The lowest BCUT2D eigenvalue weighted by Gasteiger charge is -2.09. The van der Waals surface area contributed by atoms with Crippen molar-refractivity contribution in [1.82, 2.24) is 0 Å². The molecule has 0 bridgehead atoms. The molecule has 1 aromatic carbocycles. The molecule has 3 nitrogen and oxygen atoms in total. The Kier molecular flexibility index (Phi) is 4.97. The second kappa shape index (κ2) is 6.25. The topological polar surface area (TPSA) is 38.3 Å². The summed E-state index contributed by atoms with van der Waals surface area (Å²) in [6.07, 6.45) is 0. The highest BCUT2D eigenvalue weighted by molar-refractivity contribution is 6.31. The largest absolute Gasteiger partial charge is 0.463 e. The summed E-state index contributed by atoms with van der Waals surface area (Å²) in [4.78, 5) is 11.2. The maximum atomic E-state index is 13.5. The molecule has 17 heavy (non-hydrogen) atoms. The van der Waals surface area contributed by atoms with E-state index in [1.807, 2.05) is 0 Å². The first-order valence-electron chi connectivity index (χ1n) is 5.09. The molecule has 1 rings (SSSR count). The van der Waals surface area contributed by atoms with Gasteiger partial charge in [0.1, 0.15) is 0 Å². The van der Waals surface area contributed by atoms with Gasteiger partial charge in [-0.05, 0) is 19.1 Å². The number of anilines is 1. The Labute approximate surface area is 104 Å². The summed E-state index contributed by atoms with van der Waals surface area (Å²) in [6.45, 7) is 5.64. The fourth-order valence-corrected chi connectivity index (χ4v) is 1.32. The molecule has 0 saturated heterocycles. The average molecular weight is 258 g/mol. The van der Waals surface area contributed by atoms with Crippen LogP contribution in [0.1, 0.15) is 6.92 Å². The maximum absolute atomic E-state index is 13.5. The lowest BCUT2D eigenvalue weighted by atomic mass is 10.2. The number of hydrogen-bond donors (Lipinski definition) is 1. The molecule has 0 heterocycles. The van der Waals surface area contributed by atoms with Crippen LogP contribution in [0, 0.1) is 5.82 Å². The first kappa shape index (κ1) is 13.5. The van der Waals surface area contributed by atoms with Gasteiger partial charge in [0, 0.05) is 12.1 Å². The van der Waals surface area contributed by atoms with Gasteiger partial charge < -0.3 is 10.1 Å². The Hall–Kier alpha value is -1.55. The monoisotopic (exact) mass is 257 g/mol. The number of carbonyl (C=O) groups excluding carboxylic acids is 1. The van der Waals surface area contributed by atoms with Crippen molar-refractivity contribution in [2.75, 3.05) is 18.5 Å². The molecule has 0 atom stereocenters. The maximum Gasteiger partial charge on any atom is 0.335 e. The van der Waals surface area contributed by atoms with Gasteiger partial charge in [-0.1, -0.05) is 24.2 Å².